The quantitative estimate of drug-likeness (QED) is 0.862. The third-order valence-corrected chi connectivity index (χ3v) is 4.94. The number of aromatic nitrogens is 1. The minimum Gasteiger partial charge on any atom is -0.354 e. The van der Waals surface area contributed by atoms with Crippen LogP contribution in [0.1, 0.15) is 18.4 Å². The molecule has 2 unspecified atom stereocenters. The fraction of sp³-hybridized carbons (Fsp3) is 0.615. The first-order chi connectivity index (χ1) is 8.25. The van der Waals surface area contributed by atoms with Crippen LogP contribution >= 0.6 is 15.9 Å². The molecule has 1 N–H and O–H groups in total. The van der Waals surface area contributed by atoms with E-state index in [0.29, 0.717) is 6.04 Å². The molecule has 3 heterocycles. The number of piperidine rings is 1. The van der Waals surface area contributed by atoms with Crippen molar-refractivity contribution in [2.75, 3.05) is 24.5 Å². The summed E-state index contributed by atoms with van der Waals surface area (Å²) in [4.78, 5) is 6.95. The summed E-state index contributed by atoms with van der Waals surface area (Å²) in [6.45, 7) is 5.54. The van der Waals surface area contributed by atoms with Gasteiger partial charge in [0, 0.05) is 25.3 Å². The average Bonchev–Trinajstić information content (AvgIpc) is 2.76. The first kappa shape index (κ1) is 11.5. The third-order valence-electron chi connectivity index (χ3n) is 3.96. The van der Waals surface area contributed by atoms with Crippen LogP contribution in [0.2, 0.25) is 0 Å². The predicted molar refractivity (Wildman–Crippen MR) is 73.4 cm³/mol. The smallest absolute Gasteiger partial charge is 0.143 e. The maximum atomic E-state index is 4.53. The van der Waals surface area contributed by atoms with Crippen LogP contribution in [0.4, 0.5) is 5.82 Å². The van der Waals surface area contributed by atoms with Crippen molar-refractivity contribution in [1.29, 1.82) is 0 Å². The monoisotopic (exact) mass is 295 g/mol. The Labute approximate surface area is 111 Å². The van der Waals surface area contributed by atoms with Crippen LogP contribution in [0.3, 0.4) is 0 Å². The Morgan fingerprint density at radius 2 is 2.35 bits per heavy atom. The first-order valence-electron chi connectivity index (χ1n) is 6.35. The molecule has 0 radical (unpaired) electrons. The van der Waals surface area contributed by atoms with Crippen LogP contribution in [0, 0.1) is 12.8 Å². The molecule has 3 rings (SSSR count). The fourth-order valence-electron chi connectivity index (χ4n) is 2.97. The Morgan fingerprint density at radius 1 is 1.47 bits per heavy atom. The molecule has 2 atom stereocenters. The van der Waals surface area contributed by atoms with E-state index in [-0.39, 0.29) is 0 Å². The van der Waals surface area contributed by atoms with Gasteiger partial charge in [0.15, 0.2) is 0 Å². The Bertz CT molecular complexity index is 407. The molecule has 92 valence electrons. The van der Waals surface area contributed by atoms with Crippen LogP contribution in [0.15, 0.2) is 16.7 Å². The lowest BCUT2D eigenvalue weighted by Gasteiger charge is -2.24. The molecule has 2 fully saturated rings. The van der Waals surface area contributed by atoms with Crippen LogP contribution < -0.4 is 10.2 Å². The zero-order valence-electron chi connectivity index (χ0n) is 10.1. The molecule has 4 heteroatoms. The van der Waals surface area contributed by atoms with Crippen molar-refractivity contribution in [3.63, 3.8) is 0 Å². The van der Waals surface area contributed by atoms with E-state index >= 15 is 0 Å². The highest BCUT2D eigenvalue weighted by molar-refractivity contribution is 9.10. The van der Waals surface area contributed by atoms with E-state index in [9.17, 15) is 0 Å². The lowest BCUT2D eigenvalue weighted by Crippen LogP contribution is -2.40. The van der Waals surface area contributed by atoms with Crippen molar-refractivity contribution in [3.8, 4) is 0 Å². The molecule has 1 aromatic heterocycles. The summed E-state index contributed by atoms with van der Waals surface area (Å²) in [5.41, 5.74) is 1.26. The van der Waals surface area contributed by atoms with Crippen LogP contribution in [0.25, 0.3) is 0 Å². The molecule has 1 aromatic rings. The number of nitrogens with one attached hydrogen (secondary N) is 1. The summed E-state index contributed by atoms with van der Waals surface area (Å²) in [5, 5.41) is 3.63. The second-order valence-electron chi connectivity index (χ2n) is 5.13. The fourth-order valence-corrected chi connectivity index (χ4v) is 3.45. The van der Waals surface area contributed by atoms with E-state index in [2.05, 4.69) is 44.1 Å². The second-order valence-corrected chi connectivity index (χ2v) is 5.93. The van der Waals surface area contributed by atoms with Gasteiger partial charge in [-0.25, -0.2) is 4.98 Å². The Kier molecular flexibility index (Phi) is 3.09. The molecule has 0 saturated carbocycles. The van der Waals surface area contributed by atoms with E-state index < -0.39 is 0 Å². The minimum atomic E-state index is 0.665. The highest BCUT2D eigenvalue weighted by Crippen LogP contribution is 2.33. The molecule has 2 aliphatic heterocycles. The normalized spacial score (nSPS) is 28.2. The molecule has 0 spiro atoms. The van der Waals surface area contributed by atoms with Gasteiger partial charge in [0.05, 0.1) is 4.47 Å². The summed E-state index contributed by atoms with van der Waals surface area (Å²) in [6, 6.07) is 2.72. The predicted octanol–water partition coefficient (Wildman–Crippen LogP) is 2.34. The SMILES string of the molecule is Cc1ccnc(N2CC3CCCNC3C2)c1Br. The minimum absolute atomic E-state index is 0.665. The van der Waals surface area contributed by atoms with Gasteiger partial charge in [0.2, 0.25) is 0 Å². The molecular weight excluding hydrogens is 278 g/mol. The summed E-state index contributed by atoms with van der Waals surface area (Å²) < 4.78 is 1.15. The number of aryl methyl sites for hydroxylation is 1. The van der Waals surface area contributed by atoms with Crippen molar-refractivity contribution >= 4 is 21.7 Å². The van der Waals surface area contributed by atoms with Gasteiger partial charge in [0.1, 0.15) is 5.82 Å². The van der Waals surface area contributed by atoms with Gasteiger partial charge in [-0.2, -0.15) is 0 Å². The highest BCUT2D eigenvalue weighted by Gasteiger charge is 2.35. The molecule has 2 saturated heterocycles. The number of hydrogen-bond donors (Lipinski definition) is 1. The Morgan fingerprint density at radius 3 is 3.18 bits per heavy atom. The zero-order valence-corrected chi connectivity index (χ0v) is 11.7. The van der Waals surface area contributed by atoms with Crippen molar-refractivity contribution in [2.24, 2.45) is 5.92 Å². The number of halogens is 1. The van der Waals surface area contributed by atoms with E-state index in [1.54, 1.807) is 0 Å². The van der Waals surface area contributed by atoms with Crippen molar-refractivity contribution in [1.82, 2.24) is 10.3 Å². The molecule has 0 aliphatic carbocycles. The number of fused-ring (bicyclic) bond motifs is 1. The van der Waals surface area contributed by atoms with Gasteiger partial charge < -0.3 is 10.2 Å². The summed E-state index contributed by atoms with van der Waals surface area (Å²) in [7, 11) is 0. The molecule has 0 amide bonds. The van der Waals surface area contributed by atoms with Crippen LogP contribution in [-0.2, 0) is 0 Å². The van der Waals surface area contributed by atoms with E-state index in [0.717, 1.165) is 29.3 Å². The van der Waals surface area contributed by atoms with Crippen molar-refractivity contribution in [2.45, 2.75) is 25.8 Å². The van der Waals surface area contributed by atoms with Gasteiger partial charge in [-0.15, -0.1) is 0 Å². The molecular formula is C13H18BrN3. The van der Waals surface area contributed by atoms with E-state index in [1.165, 1.54) is 24.9 Å². The van der Waals surface area contributed by atoms with Gasteiger partial charge >= 0.3 is 0 Å². The lowest BCUT2D eigenvalue weighted by molar-refractivity contribution is 0.340. The van der Waals surface area contributed by atoms with Gasteiger partial charge in [-0.1, -0.05) is 0 Å². The third kappa shape index (κ3) is 2.08. The number of anilines is 1. The summed E-state index contributed by atoms with van der Waals surface area (Å²) in [5.74, 6) is 1.92. The average molecular weight is 296 g/mol. The lowest BCUT2D eigenvalue weighted by atomic mass is 9.94. The maximum absolute atomic E-state index is 4.53. The zero-order chi connectivity index (χ0) is 11.8. The highest BCUT2D eigenvalue weighted by atomic mass is 79.9. The van der Waals surface area contributed by atoms with Crippen molar-refractivity contribution in [3.05, 3.63) is 22.3 Å². The summed E-state index contributed by atoms with van der Waals surface area (Å²) >= 11 is 3.66. The van der Waals surface area contributed by atoms with Gasteiger partial charge in [-0.3, -0.25) is 0 Å². The second kappa shape index (κ2) is 4.58. The Hall–Kier alpha value is -0.610. The maximum Gasteiger partial charge on any atom is 0.143 e. The van der Waals surface area contributed by atoms with Gasteiger partial charge in [0.25, 0.3) is 0 Å². The topological polar surface area (TPSA) is 28.2 Å². The molecule has 0 aromatic carbocycles. The van der Waals surface area contributed by atoms with Gasteiger partial charge in [-0.05, 0) is 59.8 Å². The van der Waals surface area contributed by atoms with Crippen molar-refractivity contribution < 1.29 is 0 Å². The van der Waals surface area contributed by atoms with Crippen LogP contribution in [-0.4, -0.2) is 30.7 Å². The molecule has 2 aliphatic rings. The van der Waals surface area contributed by atoms with E-state index in [4.69, 9.17) is 0 Å². The Balaban J connectivity index is 1.83. The number of rotatable bonds is 1. The van der Waals surface area contributed by atoms with E-state index in [1.807, 2.05) is 6.20 Å². The number of nitrogens with zero attached hydrogens (tertiary/aromatic N) is 2. The first-order valence-corrected chi connectivity index (χ1v) is 7.14. The largest absolute Gasteiger partial charge is 0.354 e. The standard InChI is InChI=1S/C13H18BrN3/c1-9-4-6-16-13(12(9)14)17-7-10-3-2-5-15-11(10)8-17/h4,6,10-11,15H,2-3,5,7-8H2,1H3. The number of pyridine rings is 1. The van der Waals surface area contributed by atoms with Crippen LogP contribution in [0.5, 0.6) is 0 Å². The molecule has 0 bridgehead atoms. The summed E-state index contributed by atoms with van der Waals surface area (Å²) in [6.07, 6.45) is 4.58. The number of hydrogen-bond acceptors (Lipinski definition) is 3. The molecule has 3 nitrogen and oxygen atoms in total. The molecule has 17 heavy (non-hydrogen) atoms.